The van der Waals surface area contributed by atoms with Crippen molar-refractivity contribution in [2.45, 2.75) is 13.1 Å². The number of benzene rings is 3. The van der Waals surface area contributed by atoms with Gasteiger partial charge in [0.15, 0.2) is 0 Å². The summed E-state index contributed by atoms with van der Waals surface area (Å²) in [5.74, 6) is -0.0846. The monoisotopic (exact) mass is 422 g/mol. The number of nitrogens with zero attached hydrogens (tertiary/aromatic N) is 1. The van der Waals surface area contributed by atoms with E-state index in [1.54, 1.807) is 0 Å². The molecule has 3 rings (SSSR count). The molecule has 1 N–H and O–H groups in total. The minimum atomic E-state index is -0.0846. The van der Waals surface area contributed by atoms with Crippen LogP contribution >= 0.6 is 15.9 Å². The van der Waals surface area contributed by atoms with Crippen molar-refractivity contribution >= 4 is 21.8 Å². The standard InChI is InChI=1S/C23H23BrN2O/c1-26(2)16-17-11-13-18(14-12-17)20-8-4-3-7-19(20)15-25-23(27)21-9-5-6-10-22(21)24/h3-14H,15-16H2,1-2H3,(H,25,27). The van der Waals surface area contributed by atoms with Crippen LogP contribution in [0.25, 0.3) is 11.1 Å². The van der Waals surface area contributed by atoms with Gasteiger partial charge in [-0.2, -0.15) is 0 Å². The van der Waals surface area contributed by atoms with E-state index in [1.807, 2.05) is 36.4 Å². The van der Waals surface area contributed by atoms with E-state index in [2.05, 4.69) is 76.6 Å². The molecule has 1 amide bonds. The third-order valence-electron chi connectivity index (χ3n) is 4.34. The van der Waals surface area contributed by atoms with E-state index >= 15 is 0 Å². The largest absolute Gasteiger partial charge is 0.348 e. The number of carbonyl (C=O) groups excluding carboxylic acids is 1. The van der Waals surface area contributed by atoms with Crippen molar-refractivity contribution < 1.29 is 4.79 Å². The predicted molar refractivity (Wildman–Crippen MR) is 115 cm³/mol. The summed E-state index contributed by atoms with van der Waals surface area (Å²) in [4.78, 5) is 14.6. The minimum Gasteiger partial charge on any atom is -0.348 e. The number of hydrogen-bond acceptors (Lipinski definition) is 2. The SMILES string of the molecule is CN(C)Cc1ccc(-c2ccccc2CNC(=O)c2ccccc2Br)cc1. The van der Waals surface area contributed by atoms with Gasteiger partial charge >= 0.3 is 0 Å². The summed E-state index contributed by atoms with van der Waals surface area (Å²) in [5.41, 5.74) is 5.31. The first kappa shape index (κ1) is 19.3. The first-order valence-electron chi connectivity index (χ1n) is 8.89. The highest BCUT2D eigenvalue weighted by molar-refractivity contribution is 9.10. The van der Waals surface area contributed by atoms with Crippen LogP contribution in [0.4, 0.5) is 0 Å². The molecule has 0 saturated carbocycles. The molecule has 0 bridgehead atoms. The average molecular weight is 423 g/mol. The van der Waals surface area contributed by atoms with E-state index in [0.717, 1.165) is 27.7 Å². The topological polar surface area (TPSA) is 32.3 Å². The molecule has 138 valence electrons. The van der Waals surface area contributed by atoms with Crippen molar-refractivity contribution in [2.24, 2.45) is 0 Å². The molecular formula is C23H23BrN2O. The predicted octanol–water partition coefficient (Wildman–Crippen LogP) is 5.11. The van der Waals surface area contributed by atoms with Crippen LogP contribution in [0.2, 0.25) is 0 Å². The van der Waals surface area contributed by atoms with E-state index in [0.29, 0.717) is 12.1 Å². The molecule has 0 spiro atoms. The zero-order valence-corrected chi connectivity index (χ0v) is 17.2. The Morgan fingerprint density at radius 1 is 0.926 bits per heavy atom. The van der Waals surface area contributed by atoms with Gasteiger partial charge in [-0.25, -0.2) is 0 Å². The molecule has 0 saturated heterocycles. The number of nitrogens with one attached hydrogen (secondary N) is 1. The number of amides is 1. The van der Waals surface area contributed by atoms with Gasteiger partial charge in [0.25, 0.3) is 5.91 Å². The lowest BCUT2D eigenvalue weighted by molar-refractivity contribution is 0.0950. The molecule has 0 heterocycles. The lowest BCUT2D eigenvalue weighted by Crippen LogP contribution is -2.23. The molecule has 0 aliphatic heterocycles. The summed E-state index contributed by atoms with van der Waals surface area (Å²) < 4.78 is 0.798. The molecule has 3 aromatic carbocycles. The Labute approximate surface area is 169 Å². The second-order valence-electron chi connectivity index (χ2n) is 6.75. The number of carbonyl (C=O) groups is 1. The average Bonchev–Trinajstić information content (AvgIpc) is 2.67. The molecule has 0 radical (unpaired) electrons. The Morgan fingerprint density at radius 3 is 2.30 bits per heavy atom. The van der Waals surface area contributed by atoms with Crippen LogP contribution < -0.4 is 5.32 Å². The maximum atomic E-state index is 12.5. The van der Waals surface area contributed by atoms with Gasteiger partial charge in [-0.15, -0.1) is 0 Å². The second-order valence-corrected chi connectivity index (χ2v) is 7.61. The summed E-state index contributed by atoms with van der Waals surface area (Å²) in [6.07, 6.45) is 0. The fourth-order valence-corrected chi connectivity index (χ4v) is 3.49. The van der Waals surface area contributed by atoms with Gasteiger partial charge in [0.05, 0.1) is 5.56 Å². The molecule has 0 aliphatic carbocycles. The normalized spacial score (nSPS) is 10.8. The zero-order chi connectivity index (χ0) is 19.2. The number of hydrogen-bond donors (Lipinski definition) is 1. The smallest absolute Gasteiger partial charge is 0.252 e. The summed E-state index contributed by atoms with van der Waals surface area (Å²) in [7, 11) is 4.13. The summed E-state index contributed by atoms with van der Waals surface area (Å²) >= 11 is 3.43. The molecule has 0 aliphatic rings. The van der Waals surface area contributed by atoms with Crippen LogP contribution in [0, 0.1) is 0 Å². The van der Waals surface area contributed by atoms with Gasteiger partial charge in [0.1, 0.15) is 0 Å². The molecule has 27 heavy (non-hydrogen) atoms. The first-order valence-corrected chi connectivity index (χ1v) is 9.68. The Hall–Kier alpha value is -2.43. The quantitative estimate of drug-likeness (QED) is 0.598. The Morgan fingerprint density at radius 2 is 1.59 bits per heavy atom. The molecular weight excluding hydrogens is 400 g/mol. The second kappa shape index (κ2) is 8.98. The Balaban J connectivity index is 1.76. The van der Waals surface area contributed by atoms with Gasteiger partial charge in [0, 0.05) is 17.6 Å². The third-order valence-corrected chi connectivity index (χ3v) is 5.03. The lowest BCUT2D eigenvalue weighted by Gasteiger charge is -2.13. The Kier molecular flexibility index (Phi) is 6.43. The van der Waals surface area contributed by atoms with Crippen LogP contribution in [-0.2, 0) is 13.1 Å². The van der Waals surface area contributed by atoms with Gasteiger partial charge in [-0.05, 0) is 64.4 Å². The van der Waals surface area contributed by atoms with Gasteiger partial charge < -0.3 is 10.2 Å². The molecule has 0 atom stereocenters. The fraction of sp³-hybridized carbons (Fsp3) is 0.174. The Bertz CT molecular complexity index is 920. The number of halogens is 1. The van der Waals surface area contributed by atoms with Crippen LogP contribution in [0.3, 0.4) is 0 Å². The number of rotatable bonds is 6. The van der Waals surface area contributed by atoms with Gasteiger partial charge in [0.2, 0.25) is 0 Å². The van der Waals surface area contributed by atoms with E-state index < -0.39 is 0 Å². The molecule has 3 nitrogen and oxygen atoms in total. The van der Waals surface area contributed by atoms with E-state index in [9.17, 15) is 4.79 Å². The molecule has 0 unspecified atom stereocenters. The highest BCUT2D eigenvalue weighted by atomic mass is 79.9. The summed E-state index contributed by atoms with van der Waals surface area (Å²) in [6.45, 7) is 1.40. The fourth-order valence-electron chi connectivity index (χ4n) is 3.03. The molecule has 3 aromatic rings. The summed E-state index contributed by atoms with van der Waals surface area (Å²) in [6, 6.07) is 24.3. The zero-order valence-electron chi connectivity index (χ0n) is 15.6. The first-order chi connectivity index (χ1) is 13.0. The molecule has 4 heteroatoms. The van der Waals surface area contributed by atoms with E-state index in [1.165, 1.54) is 5.56 Å². The van der Waals surface area contributed by atoms with Crippen molar-refractivity contribution in [3.8, 4) is 11.1 Å². The van der Waals surface area contributed by atoms with Crippen molar-refractivity contribution in [1.29, 1.82) is 0 Å². The van der Waals surface area contributed by atoms with Gasteiger partial charge in [-0.1, -0.05) is 60.7 Å². The van der Waals surface area contributed by atoms with E-state index in [-0.39, 0.29) is 5.91 Å². The van der Waals surface area contributed by atoms with Crippen molar-refractivity contribution in [1.82, 2.24) is 10.2 Å². The van der Waals surface area contributed by atoms with Crippen LogP contribution in [-0.4, -0.2) is 24.9 Å². The van der Waals surface area contributed by atoms with Gasteiger partial charge in [-0.3, -0.25) is 4.79 Å². The highest BCUT2D eigenvalue weighted by Crippen LogP contribution is 2.24. The minimum absolute atomic E-state index is 0.0846. The third kappa shape index (κ3) is 5.06. The van der Waals surface area contributed by atoms with Crippen LogP contribution in [0.1, 0.15) is 21.5 Å². The van der Waals surface area contributed by atoms with Crippen LogP contribution in [0.15, 0.2) is 77.3 Å². The maximum absolute atomic E-state index is 12.5. The highest BCUT2D eigenvalue weighted by Gasteiger charge is 2.10. The summed E-state index contributed by atoms with van der Waals surface area (Å²) in [5, 5.41) is 3.03. The van der Waals surface area contributed by atoms with E-state index in [4.69, 9.17) is 0 Å². The van der Waals surface area contributed by atoms with Crippen molar-refractivity contribution in [3.63, 3.8) is 0 Å². The van der Waals surface area contributed by atoms with Crippen LogP contribution in [0.5, 0.6) is 0 Å². The maximum Gasteiger partial charge on any atom is 0.252 e. The van der Waals surface area contributed by atoms with Crippen molar-refractivity contribution in [3.05, 3.63) is 94.0 Å². The molecule has 0 fully saturated rings. The molecule has 0 aromatic heterocycles. The lowest BCUT2D eigenvalue weighted by atomic mass is 9.98. The van der Waals surface area contributed by atoms with Crippen molar-refractivity contribution in [2.75, 3.05) is 14.1 Å².